The zero-order valence-electron chi connectivity index (χ0n) is 15.8. The molecule has 0 bridgehead atoms. The highest BCUT2D eigenvalue weighted by Gasteiger charge is 2.25. The van der Waals surface area contributed by atoms with Gasteiger partial charge in [-0.1, -0.05) is 12.1 Å². The standard InChI is InChI=1S/C19H31FN4O2/c1-3-21-18(22-8-7-16-5-4-6-17(20)13-16)23-14-19(2,25)15-24-9-11-26-12-10-24/h4-6,13,25H,3,7-12,14-15H2,1-2H3,(H2,21,22,23). The number of morpholine rings is 1. The molecule has 1 aromatic carbocycles. The van der Waals surface area contributed by atoms with E-state index < -0.39 is 5.60 Å². The predicted octanol–water partition coefficient (Wildman–Crippen LogP) is 1.01. The van der Waals surface area contributed by atoms with Gasteiger partial charge in [0.2, 0.25) is 0 Å². The van der Waals surface area contributed by atoms with Crippen molar-refractivity contribution in [3.05, 3.63) is 35.6 Å². The van der Waals surface area contributed by atoms with Crippen molar-refractivity contribution in [2.75, 3.05) is 52.5 Å². The molecule has 3 N–H and O–H groups in total. The summed E-state index contributed by atoms with van der Waals surface area (Å²) in [5.41, 5.74) is 0.0371. The van der Waals surface area contributed by atoms with Gasteiger partial charge in [0.15, 0.2) is 5.96 Å². The third-order valence-corrected chi connectivity index (χ3v) is 4.19. The van der Waals surface area contributed by atoms with Crippen LogP contribution in [0.1, 0.15) is 19.4 Å². The number of nitrogens with zero attached hydrogens (tertiary/aromatic N) is 2. The van der Waals surface area contributed by atoms with Gasteiger partial charge in [-0.05, 0) is 38.0 Å². The van der Waals surface area contributed by atoms with E-state index in [1.54, 1.807) is 12.1 Å². The number of hydrogen-bond acceptors (Lipinski definition) is 4. The van der Waals surface area contributed by atoms with Crippen LogP contribution in [0.4, 0.5) is 4.39 Å². The monoisotopic (exact) mass is 366 g/mol. The van der Waals surface area contributed by atoms with Crippen LogP contribution in [0, 0.1) is 5.82 Å². The summed E-state index contributed by atoms with van der Waals surface area (Å²) in [5, 5.41) is 17.0. The minimum atomic E-state index is -0.901. The Morgan fingerprint density at radius 3 is 2.81 bits per heavy atom. The molecule has 26 heavy (non-hydrogen) atoms. The van der Waals surface area contributed by atoms with Crippen molar-refractivity contribution < 1.29 is 14.2 Å². The molecule has 0 aliphatic carbocycles. The third kappa shape index (κ3) is 7.68. The molecule has 0 aromatic heterocycles. The Labute approximate surface area is 155 Å². The molecule has 1 saturated heterocycles. The first kappa shape index (κ1) is 20.6. The Balaban J connectivity index is 1.82. The number of guanidine groups is 1. The van der Waals surface area contributed by atoms with Crippen LogP contribution in [-0.2, 0) is 11.2 Å². The van der Waals surface area contributed by atoms with Crippen molar-refractivity contribution in [3.63, 3.8) is 0 Å². The van der Waals surface area contributed by atoms with Crippen molar-refractivity contribution >= 4 is 5.96 Å². The summed E-state index contributed by atoms with van der Waals surface area (Å²) in [6, 6.07) is 6.60. The van der Waals surface area contributed by atoms with E-state index in [-0.39, 0.29) is 5.82 Å². The normalized spacial score (nSPS) is 18.4. The Bertz CT molecular complexity index is 574. The largest absolute Gasteiger partial charge is 0.387 e. The second kappa shape index (κ2) is 10.4. The van der Waals surface area contributed by atoms with Gasteiger partial charge in [-0.15, -0.1) is 0 Å². The van der Waals surface area contributed by atoms with E-state index in [1.165, 1.54) is 6.07 Å². The van der Waals surface area contributed by atoms with Crippen LogP contribution < -0.4 is 10.6 Å². The van der Waals surface area contributed by atoms with Gasteiger partial charge in [0, 0.05) is 32.7 Å². The molecular formula is C19H31FN4O2. The fourth-order valence-electron chi connectivity index (χ4n) is 2.90. The topological polar surface area (TPSA) is 69.1 Å². The molecule has 7 heteroatoms. The first-order valence-electron chi connectivity index (χ1n) is 9.27. The molecule has 1 fully saturated rings. The third-order valence-electron chi connectivity index (χ3n) is 4.19. The zero-order valence-corrected chi connectivity index (χ0v) is 15.8. The van der Waals surface area contributed by atoms with Gasteiger partial charge < -0.3 is 20.5 Å². The number of aliphatic hydroxyl groups is 1. The molecule has 1 aromatic rings. The summed E-state index contributed by atoms with van der Waals surface area (Å²) in [6.07, 6.45) is 0.701. The molecule has 0 saturated carbocycles. The second-order valence-electron chi connectivity index (χ2n) is 6.89. The Hall–Kier alpha value is -1.70. The number of hydrogen-bond donors (Lipinski definition) is 3. The van der Waals surface area contributed by atoms with Gasteiger partial charge in [-0.2, -0.15) is 0 Å². The summed E-state index contributed by atoms with van der Waals surface area (Å²) < 4.78 is 18.6. The second-order valence-corrected chi connectivity index (χ2v) is 6.89. The van der Waals surface area contributed by atoms with Crippen molar-refractivity contribution in [3.8, 4) is 0 Å². The van der Waals surface area contributed by atoms with Crippen LogP contribution in [0.5, 0.6) is 0 Å². The highest BCUT2D eigenvalue weighted by atomic mass is 19.1. The first-order valence-corrected chi connectivity index (χ1v) is 9.27. The number of benzene rings is 1. The minimum Gasteiger partial charge on any atom is -0.387 e. The maximum absolute atomic E-state index is 13.2. The summed E-state index contributed by atoms with van der Waals surface area (Å²) in [7, 11) is 0. The molecule has 1 heterocycles. The average Bonchev–Trinajstić information content (AvgIpc) is 2.60. The predicted molar refractivity (Wildman–Crippen MR) is 102 cm³/mol. The van der Waals surface area contributed by atoms with Crippen LogP contribution >= 0.6 is 0 Å². The van der Waals surface area contributed by atoms with Crippen molar-refractivity contribution in [1.29, 1.82) is 0 Å². The van der Waals surface area contributed by atoms with E-state index >= 15 is 0 Å². The summed E-state index contributed by atoms with van der Waals surface area (Å²) >= 11 is 0. The van der Waals surface area contributed by atoms with Crippen LogP contribution in [0.3, 0.4) is 0 Å². The lowest BCUT2D eigenvalue weighted by molar-refractivity contribution is -0.0179. The van der Waals surface area contributed by atoms with Crippen molar-refractivity contribution in [2.24, 2.45) is 4.99 Å². The molecule has 1 atom stereocenters. The maximum Gasteiger partial charge on any atom is 0.191 e. The molecule has 146 valence electrons. The Morgan fingerprint density at radius 2 is 2.12 bits per heavy atom. The van der Waals surface area contributed by atoms with Crippen LogP contribution in [0.25, 0.3) is 0 Å². The number of rotatable bonds is 8. The van der Waals surface area contributed by atoms with Gasteiger partial charge in [0.25, 0.3) is 0 Å². The van der Waals surface area contributed by atoms with Gasteiger partial charge in [0.05, 0.1) is 25.4 Å². The van der Waals surface area contributed by atoms with Crippen LogP contribution in [0.15, 0.2) is 29.3 Å². The minimum absolute atomic E-state index is 0.220. The summed E-state index contributed by atoms with van der Waals surface area (Å²) in [5.74, 6) is 0.438. The van der Waals surface area contributed by atoms with Gasteiger partial charge in [-0.25, -0.2) is 4.39 Å². The zero-order chi connectivity index (χ0) is 18.8. The maximum atomic E-state index is 13.2. The number of halogens is 1. The number of β-amino-alcohol motifs (C(OH)–C–C–N with tert-alkyl or cyclic N) is 1. The molecule has 6 nitrogen and oxygen atoms in total. The lowest BCUT2D eigenvalue weighted by atomic mass is 10.1. The van der Waals surface area contributed by atoms with Crippen molar-refractivity contribution in [2.45, 2.75) is 25.9 Å². The quantitative estimate of drug-likeness (QED) is 0.473. The first-order chi connectivity index (χ1) is 12.5. The lowest BCUT2D eigenvalue weighted by Gasteiger charge is -2.33. The molecular weight excluding hydrogens is 335 g/mol. The molecule has 0 spiro atoms. The van der Waals surface area contributed by atoms with E-state index in [0.29, 0.717) is 45.2 Å². The summed E-state index contributed by atoms with van der Waals surface area (Å²) in [4.78, 5) is 6.71. The molecule has 1 aliphatic rings. The Kier molecular flexibility index (Phi) is 8.28. The van der Waals surface area contributed by atoms with E-state index in [2.05, 4.69) is 20.5 Å². The van der Waals surface area contributed by atoms with Gasteiger partial charge in [0.1, 0.15) is 5.82 Å². The van der Waals surface area contributed by atoms with E-state index in [1.807, 2.05) is 19.9 Å². The van der Waals surface area contributed by atoms with E-state index in [0.717, 1.165) is 25.2 Å². The lowest BCUT2D eigenvalue weighted by Crippen LogP contribution is -2.48. The molecule has 0 amide bonds. The summed E-state index contributed by atoms with van der Waals surface area (Å²) in [6.45, 7) is 9.16. The SMILES string of the molecule is CCNC(=NCC(C)(O)CN1CCOCC1)NCCc1cccc(F)c1. The molecule has 1 unspecified atom stereocenters. The van der Waals surface area contributed by atoms with Crippen molar-refractivity contribution in [1.82, 2.24) is 15.5 Å². The van der Waals surface area contributed by atoms with Crippen LogP contribution in [-0.4, -0.2) is 74.0 Å². The van der Waals surface area contributed by atoms with E-state index in [9.17, 15) is 9.50 Å². The number of aliphatic imine (C=N–C) groups is 1. The number of nitrogens with one attached hydrogen (secondary N) is 2. The van der Waals surface area contributed by atoms with E-state index in [4.69, 9.17) is 4.74 Å². The fourth-order valence-corrected chi connectivity index (χ4v) is 2.90. The molecule has 0 radical (unpaired) electrons. The highest BCUT2D eigenvalue weighted by Crippen LogP contribution is 2.09. The van der Waals surface area contributed by atoms with Gasteiger partial charge in [-0.3, -0.25) is 9.89 Å². The average molecular weight is 366 g/mol. The molecule has 2 rings (SSSR count). The Morgan fingerprint density at radius 1 is 1.35 bits per heavy atom. The fraction of sp³-hybridized carbons (Fsp3) is 0.632. The van der Waals surface area contributed by atoms with Crippen LogP contribution in [0.2, 0.25) is 0 Å². The smallest absolute Gasteiger partial charge is 0.191 e. The number of ether oxygens (including phenoxy) is 1. The van der Waals surface area contributed by atoms with Gasteiger partial charge >= 0.3 is 0 Å². The molecule has 1 aliphatic heterocycles. The highest BCUT2D eigenvalue weighted by molar-refractivity contribution is 5.79.